The van der Waals surface area contributed by atoms with Gasteiger partial charge < -0.3 is 10.2 Å². The van der Waals surface area contributed by atoms with E-state index >= 15 is 0 Å². The van der Waals surface area contributed by atoms with E-state index in [2.05, 4.69) is 15.2 Å². The Balaban J connectivity index is 1.60. The maximum absolute atomic E-state index is 12.1. The molecule has 1 amide bonds. The summed E-state index contributed by atoms with van der Waals surface area (Å²) in [5.74, 6) is -0.0394. The second-order valence-electron chi connectivity index (χ2n) is 5.22. The molecule has 0 aliphatic carbocycles. The lowest BCUT2D eigenvalue weighted by Gasteiger charge is -2.14. The van der Waals surface area contributed by atoms with Gasteiger partial charge >= 0.3 is 0 Å². The van der Waals surface area contributed by atoms with Gasteiger partial charge in [0.15, 0.2) is 0 Å². The summed E-state index contributed by atoms with van der Waals surface area (Å²) in [5, 5.41) is 3.97. The molecule has 1 aromatic carbocycles. The Hall–Kier alpha value is -1.94. The number of carbonyl (C=O) groups is 1. The van der Waals surface area contributed by atoms with Crippen LogP contribution in [0.25, 0.3) is 10.9 Å². The molecule has 20 heavy (non-hydrogen) atoms. The third kappa shape index (κ3) is 2.96. The van der Waals surface area contributed by atoms with Crippen LogP contribution >= 0.6 is 0 Å². The first-order valence-electron chi connectivity index (χ1n) is 7.18. The van der Waals surface area contributed by atoms with Crippen molar-refractivity contribution >= 4 is 16.8 Å². The molecule has 1 aromatic heterocycles. The highest BCUT2D eigenvalue weighted by molar-refractivity contribution is 5.97. The van der Waals surface area contributed by atoms with Crippen molar-refractivity contribution in [2.45, 2.75) is 12.8 Å². The maximum atomic E-state index is 12.1. The Kier molecular flexibility index (Phi) is 3.92. The number of likely N-dealkylation sites (tertiary alicyclic amines) is 1. The number of amides is 1. The molecular formula is C16H19N3O. The van der Waals surface area contributed by atoms with E-state index in [1.54, 1.807) is 6.20 Å². The predicted molar refractivity (Wildman–Crippen MR) is 79.8 cm³/mol. The van der Waals surface area contributed by atoms with E-state index in [1.807, 2.05) is 30.3 Å². The van der Waals surface area contributed by atoms with E-state index in [0.717, 1.165) is 30.5 Å². The molecule has 4 heteroatoms. The zero-order chi connectivity index (χ0) is 13.8. The van der Waals surface area contributed by atoms with Gasteiger partial charge in [0, 0.05) is 24.7 Å². The fraction of sp³-hybridized carbons (Fsp3) is 0.375. The van der Waals surface area contributed by atoms with Gasteiger partial charge in [0.2, 0.25) is 0 Å². The van der Waals surface area contributed by atoms with Crippen LogP contribution in [0.4, 0.5) is 0 Å². The van der Waals surface area contributed by atoms with E-state index in [9.17, 15) is 4.79 Å². The number of benzene rings is 1. The Morgan fingerprint density at radius 2 is 2.05 bits per heavy atom. The van der Waals surface area contributed by atoms with E-state index in [4.69, 9.17) is 0 Å². The minimum atomic E-state index is -0.0394. The van der Waals surface area contributed by atoms with E-state index in [0.29, 0.717) is 12.1 Å². The molecule has 1 fully saturated rings. The quantitative estimate of drug-likeness (QED) is 0.924. The van der Waals surface area contributed by atoms with Crippen LogP contribution in [0.5, 0.6) is 0 Å². The lowest BCUT2D eigenvalue weighted by Crippen LogP contribution is -2.33. The highest BCUT2D eigenvalue weighted by atomic mass is 16.1. The fourth-order valence-corrected chi connectivity index (χ4v) is 2.63. The Labute approximate surface area is 118 Å². The standard InChI is InChI=1S/C16H19N3O/c20-16(17-7-10-19-8-3-4-9-19)14-11-13-5-1-2-6-15(13)18-12-14/h1-2,5-6,11-12H,3-4,7-10H2,(H,17,20). The topological polar surface area (TPSA) is 45.2 Å². The van der Waals surface area contributed by atoms with Gasteiger partial charge in [-0.25, -0.2) is 0 Å². The number of pyridine rings is 1. The van der Waals surface area contributed by atoms with Crippen molar-refractivity contribution < 1.29 is 4.79 Å². The van der Waals surface area contributed by atoms with Crippen molar-refractivity contribution in [1.29, 1.82) is 0 Å². The first-order chi connectivity index (χ1) is 9.83. The SMILES string of the molecule is O=C(NCCN1CCCC1)c1cnc2ccccc2c1. The molecule has 2 aromatic rings. The first-order valence-corrected chi connectivity index (χ1v) is 7.18. The van der Waals surface area contributed by atoms with Gasteiger partial charge in [0.1, 0.15) is 0 Å². The van der Waals surface area contributed by atoms with Crippen molar-refractivity contribution in [2.24, 2.45) is 0 Å². The molecule has 0 bridgehead atoms. The molecule has 2 heterocycles. The fourth-order valence-electron chi connectivity index (χ4n) is 2.63. The predicted octanol–water partition coefficient (Wildman–Crippen LogP) is 2.06. The molecule has 3 rings (SSSR count). The summed E-state index contributed by atoms with van der Waals surface area (Å²) in [7, 11) is 0. The average Bonchev–Trinajstić information content (AvgIpc) is 3.00. The summed E-state index contributed by atoms with van der Waals surface area (Å²) in [6.45, 7) is 3.96. The second-order valence-corrected chi connectivity index (χ2v) is 5.22. The Bertz CT molecular complexity index is 605. The number of nitrogens with zero attached hydrogens (tertiary/aromatic N) is 2. The lowest BCUT2D eigenvalue weighted by molar-refractivity contribution is 0.0949. The van der Waals surface area contributed by atoms with Crippen LogP contribution in [-0.4, -0.2) is 42.0 Å². The monoisotopic (exact) mass is 269 g/mol. The van der Waals surface area contributed by atoms with Crippen LogP contribution in [0.3, 0.4) is 0 Å². The van der Waals surface area contributed by atoms with Crippen molar-refractivity contribution in [3.8, 4) is 0 Å². The summed E-state index contributed by atoms with van der Waals surface area (Å²) >= 11 is 0. The zero-order valence-corrected chi connectivity index (χ0v) is 11.5. The summed E-state index contributed by atoms with van der Waals surface area (Å²) in [5.41, 5.74) is 1.55. The molecule has 1 aliphatic heterocycles. The van der Waals surface area contributed by atoms with Gasteiger partial charge in [-0.2, -0.15) is 0 Å². The molecule has 0 atom stereocenters. The van der Waals surface area contributed by atoms with Crippen molar-refractivity contribution in [3.05, 3.63) is 42.1 Å². The van der Waals surface area contributed by atoms with Gasteiger partial charge in [0.05, 0.1) is 11.1 Å². The van der Waals surface area contributed by atoms with Crippen LogP contribution in [0, 0.1) is 0 Å². The number of para-hydroxylation sites is 1. The summed E-state index contributed by atoms with van der Waals surface area (Å²) in [6, 6.07) is 9.73. The molecule has 0 unspecified atom stereocenters. The number of aromatic nitrogens is 1. The normalized spacial score (nSPS) is 15.6. The summed E-state index contributed by atoms with van der Waals surface area (Å²) in [4.78, 5) is 18.8. The average molecular weight is 269 g/mol. The van der Waals surface area contributed by atoms with Crippen molar-refractivity contribution in [1.82, 2.24) is 15.2 Å². The molecule has 0 spiro atoms. The van der Waals surface area contributed by atoms with E-state index in [1.165, 1.54) is 12.8 Å². The number of rotatable bonds is 4. The van der Waals surface area contributed by atoms with Crippen LogP contribution in [0.1, 0.15) is 23.2 Å². The first kappa shape index (κ1) is 13.1. The maximum Gasteiger partial charge on any atom is 0.252 e. The van der Waals surface area contributed by atoms with Crippen molar-refractivity contribution in [3.63, 3.8) is 0 Å². The van der Waals surface area contributed by atoms with Gasteiger partial charge in [-0.05, 0) is 38.1 Å². The minimum absolute atomic E-state index is 0.0394. The minimum Gasteiger partial charge on any atom is -0.351 e. The van der Waals surface area contributed by atoms with Gasteiger partial charge in [-0.15, -0.1) is 0 Å². The zero-order valence-electron chi connectivity index (χ0n) is 11.5. The van der Waals surface area contributed by atoms with E-state index < -0.39 is 0 Å². The highest BCUT2D eigenvalue weighted by Gasteiger charge is 2.12. The highest BCUT2D eigenvalue weighted by Crippen LogP contribution is 2.12. The number of fused-ring (bicyclic) bond motifs is 1. The van der Waals surface area contributed by atoms with Crippen LogP contribution in [0.15, 0.2) is 36.5 Å². The van der Waals surface area contributed by atoms with Gasteiger partial charge in [-0.3, -0.25) is 9.78 Å². The molecule has 4 nitrogen and oxygen atoms in total. The van der Waals surface area contributed by atoms with Gasteiger partial charge in [0.25, 0.3) is 5.91 Å². The van der Waals surface area contributed by atoms with Gasteiger partial charge in [-0.1, -0.05) is 18.2 Å². The second kappa shape index (κ2) is 6.01. The summed E-state index contributed by atoms with van der Waals surface area (Å²) in [6.07, 6.45) is 4.21. The molecule has 104 valence electrons. The van der Waals surface area contributed by atoms with Crippen molar-refractivity contribution in [2.75, 3.05) is 26.2 Å². The Morgan fingerprint density at radius 1 is 1.25 bits per heavy atom. The van der Waals surface area contributed by atoms with Crippen LogP contribution < -0.4 is 5.32 Å². The molecule has 0 radical (unpaired) electrons. The third-order valence-electron chi connectivity index (χ3n) is 3.76. The third-order valence-corrected chi connectivity index (χ3v) is 3.76. The molecular weight excluding hydrogens is 250 g/mol. The molecule has 1 saturated heterocycles. The number of carbonyl (C=O) groups excluding carboxylic acids is 1. The molecule has 1 N–H and O–H groups in total. The van der Waals surface area contributed by atoms with Crippen LogP contribution in [-0.2, 0) is 0 Å². The summed E-state index contributed by atoms with van der Waals surface area (Å²) < 4.78 is 0. The Morgan fingerprint density at radius 3 is 2.90 bits per heavy atom. The van der Waals surface area contributed by atoms with E-state index in [-0.39, 0.29) is 5.91 Å². The number of hydrogen-bond acceptors (Lipinski definition) is 3. The number of nitrogens with one attached hydrogen (secondary N) is 1. The molecule has 0 saturated carbocycles. The van der Waals surface area contributed by atoms with Crippen LogP contribution in [0.2, 0.25) is 0 Å². The lowest BCUT2D eigenvalue weighted by atomic mass is 10.1. The number of hydrogen-bond donors (Lipinski definition) is 1. The molecule has 1 aliphatic rings. The smallest absolute Gasteiger partial charge is 0.252 e. The largest absolute Gasteiger partial charge is 0.351 e.